The van der Waals surface area contributed by atoms with Crippen molar-refractivity contribution < 1.29 is 5.48 Å². The van der Waals surface area contributed by atoms with Gasteiger partial charge < -0.3 is 5.48 Å². The lowest BCUT2D eigenvalue weighted by Gasteiger charge is -1.69. The van der Waals surface area contributed by atoms with E-state index in [-0.39, 0.29) is 5.48 Å². The Kier molecular flexibility index (Phi) is 3.46. The van der Waals surface area contributed by atoms with E-state index < -0.39 is 0 Å². The molecule has 0 saturated carbocycles. The van der Waals surface area contributed by atoms with Gasteiger partial charge in [0.05, 0.1) is 0 Å². The van der Waals surface area contributed by atoms with Gasteiger partial charge in [-0.2, -0.15) is 0 Å². The highest BCUT2D eigenvalue weighted by Crippen LogP contribution is 1.73. The molecule has 2 N–H and O–H groups in total. The van der Waals surface area contributed by atoms with Crippen molar-refractivity contribution in [3.05, 3.63) is 29.6 Å². The van der Waals surface area contributed by atoms with Gasteiger partial charge in [-0.15, -0.1) is 0 Å². The van der Waals surface area contributed by atoms with Gasteiger partial charge in [-0.1, -0.05) is 29.6 Å². The van der Waals surface area contributed by atoms with Gasteiger partial charge in [-0.25, -0.2) is 0 Å². The van der Waals surface area contributed by atoms with Crippen LogP contribution in [0.25, 0.3) is 0 Å². The maximum Gasteiger partial charge on any atom is 0.0198 e. The first-order chi connectivity index (χ1) is 3.00. The summed E-state index contributed by atoms with van der Waals surface area (Å²) in [4.78, 5) is 0. The fourth-order valence-corrected chi connectivity index (χ4v) is 1.03. The predicted octanol–water partition coefficient (Wildman–Crippen LogP) is -0.0677. The van der Waals surface area contributed by atoms with Crippen LogP contribution < -0.4 is 0 Å². The highest BCUT2D eigenvalue weighted by Gasteiger charge is 1.58. The lowest BCUT2D eigenvalue weighted by molar-refractivity contribution is 0.824. The molecule has 0 atom stereocenters. The summed E-state index contributed by atoms with van der Waals surface area (Å²) in [6, 6.07) is 6.24. The van der Waals surface area contributed by atoms with Gasteiger partial charge in [0.1, 0.15) is 0 Å². The average Bonchev–Trinajstić information content (AvgIpc) is 1.72. The summed E-state index contributed by atoms with van der Waals surface area (Å²) in [5.74, 6) is 0. The molecular weight excluding hydrogens is 104 g/mol. The molecule has 0 spiro atoms. The molecule has 1 rings (SSSR count). The largest absolute Gasteiger partial charge is 0.412 e. The molecule has 0 amide bonds. The van der Waals surface area contributed by atoms with Crippen LogP contribution in [0.15, 0.2) is 29.6 Å². The van der Waals surface area contributed by atoms with Crippen molar-refractivity contribution in [3.63, 3.8) is 0 Å². The van der Waals surface area contributed by atoms with E-state index in [1.807, 2.05) is 0 Å². The van der Waals surface area contributed by atoms with Crippen LogP contribution in [0.1, 0.15) is 0 Å². The highest BCUT2D eigenvalue weighted by molar-refractivity contribution is 6.26. The monoisotopic (exact) mass is 112 g/mol. The van der Waals surface area contributed by atoms with Crippen molar-refractivity contribution in [2.45, 2.75) is 0 Å². The number of hydrogen-bond donors (Lipinski definition) is 0. The molecule has 0 unspecified atom stereocenters. The first-order valence-electron chi connectivity index (χ1n) is 2.00. The molecule has 0 fully saturated rings. The first kappa shape index (κ1) is 6.53. The topological polar surface area (TPSA) is 31.5 Å². The van der Waals surface area contributed by atoms with E-state index in [0.29, 0.717) is 9.12 Å². The van der Waals surface area contributed by atoms with Crippen LogP contribution in [0.4, 0.5) is 0 Å². The van der Waals surface area contributed by atoms with E-state index in [9.17, 15) is 0 Å². The van der Waals surface area contributed by atoms with Crippen molar-refractivity contribution in [1.82, 2.24) is 0 Å². The second-order valence-electron chi connectivity index (χ2n) is 1.15. The minimum atomic E-state index is 0. The summed E-state index contributed by atoms with van der Waals surface area (Å²) < 4.78 is 0. The molecule has 1 aromatic rings. The van der Waals surface area contributed by atoms with E-state index in [0.717, 1.165) is 0 Å². The van der Waals surface area contributed by atoms with Gasteiger partial charge in [-0.05, 0) is 0 Å². The maximum absolute atomic E-state index is 2.21. The molecule has 0 bridgehead atoms. The summed E-state index contributed by atoms with van der Waals surface area (Å²) in [5, 5.41) is 0. The van der Waals surface area contributed by atoms with Gasteiger partial charge in [-0.3, -0.25) is 0 Å². The minimum absolute atomic E-state index is 0. The van der Waals surface area contributed by atoms with Gasteiger partial charge in [0.25, 0.3) is 0 Å². The molecule has 0 saturated heterocycles. The highest BCUT2D eigenvalue weighted by atomic mass is 28.2. The quantitative estimate of drug-likeness (QED) is 0.421. The Morgan fingerprint density at radius 3 is 1.57 bits per heavy atom. The summed E-state index contributed by atoms with van der Waals surface area (Å²) in [6.07, 6.45) is 0. The Morgan fingerprint density at radius 1 is 0.857 bits per heavy atom. The molecule has 0 radical (unpaired) electrons. The van der Waals surface area contributed by atoms with Gasteiger partial charge in [0.15, 0.2) is 0 Å². The van der Waals surface area contributed by atoms with Crippen LogP contribution in [-0.4, -0.2) is 14.6 Å². The molecule has 0 aliphatic rings. The van der Waals surface area contributed by atoms with Crippen molar-refractivity contribution in [2.24, 2.45) is 0 Å². The van der Waals surface area contributed by atoms with Crippen molar-refractivity contribution in [2.75, 3.05) is 0 Å². The third-order valence-electron chi connectivity index (χ3n) is 0.667. The lowest BCUT2D eigenvalue weighted by Crippen LogP contribution is -1.60. The Bertz CT molecular complexity index is 80.0. The van der Waals surface area contributed by atoms with E-state index in [4.69, 9.17) is 0 Å². The second kappa shape index (κ2) is 3.71. The lowest BCUT2D eigenvalue weighted by atomic mass is 10.6. The van der Waals surface area contributed by atoms with Gasteiger partial charge >= 0.3 is 0 Å². The van der Waals surface area contributed by atoms with Crippen molar-refractivity contribution in [1.29, 1.82) is 0 Å². The van der Waals surface area contributed by atoms with Crippen LogP contribution >= 0.6 is 0 Å². The fraction of sp³-hybridized carbons (Fsp3) is 0. The fourth-order valence-electron chi connectivity index (χ4n) is 0.385. The van der Waals surface area contributed by atoms with Crippen LogP contribution in [-0.2, 0) is 0 Å². The molecular formula is C5H8OSi. The number of hydrogen-bond acceptors (Lipinski definition) is 0. The molecule has 0 aromatic carbocycles. The summed E-state index contributed by atoms with van der Waals surface area (Å²) >= 11 is 0. The minimum Gasteiger partial charge on any atom is -0.412 e. The molecule has 2 heteroatoms. The molecule has 1 heterocycles. The zero-order valence-electron chi connectivity index (χ0n) is 3.96. The van der Waals surface area contributed by atoms with Gasteiger partial charge in [0.2, 0.25) is 0 Å². The van der Waals surface area contributed by atoms with E-state index in [1.54, 1.807) is 0 Å². The normalized spacial score (nSPS) is 6.86. The predicted molar refractivity (Wildman–Crippen MR) is 32.8 cm³/mol. The SMILES string of the molecule is O.c1cc[siH]cc1. The summed E-state index contributed by atoms with van der Waals surface area (Å²) in [5.41, 5.74) is 4.42. The average molecular weight is 112 g/mol. The zero-order valence-corrected chi connectivity index (χ0v) is 5.12. The van der Waals surface area contributed by atoms with Crippen LogP contribution in [0.5, 0.6) is 0 Å². The smallest absolute Gasteiger partial charge is 0.0198 e. The van der Waals surface area contributed by atoms with E-state index in [1.165, 1.54) is 0 Å². The Hall–Kier alpha value is -0.473. The molecule has 1 nitrogen and oxygen atoms in total. The molecule has 0 aliphatic carbocycles. The third-order valence-corrected chi connectivity index (χ3v) is 1.56. The molecule has 0 aliphatic heterocycles. The van der Waals surface area contributed by atoms with Crippen LogP contribution in [0, 0.1) is 0 Å². The van der Waals surface area contributed by atoms with Crippen molar-refractivity contribution >= 4 is 9.12 Å². The third kappa shape index (κ3) is 2.25. The maximum atomic E-state index is 2.21. The number of rotatable bonds is 0. The first-order valence-corrected chi connectivity index (χ1v) is 3.33. The second-order valence-corrected chi connectivity index (χ2v) is 2.31. The Morgan fingerprint density at radius 2 is 1.43 bits per heavy atom. The summed E-state index contributed by atoms with van der Waals surface area (Å²) in [6.45, 7) is 0. The molecule has 7 heavy (non-hydrogen) atoms. The Balaban J connectivity index is 0.000000360. The van der Waals surface area contributed by atoms with Crippen LogP contribution in [0.2, 0.25) is 0 Å². The van der Waals surface area contributed by atoms with Crippen molar-refractivity contribution in [3.8, 4) is 0 Å². The molecule has 38 valence electrons. The van der Waals surface area contributed by atoms with Crippen LogP contribution in [0.3, 0.4) is 0 Å². The van der Waals surface area contributed by atoms with E-state index in [2.05, 4.69) is 29.6 Å². The molecule has 1 aromatic heterocycles. The van der Waals surface area contributed by atoms with E-state index >= 15 is 0 Å². The Labute approximate surface area is 45.1 Å². The zero-order chi connectivity index (χ0) is 4.24. The summed E-state index contributed by atoms with van der Waals surface area (Å²) in [7, 11) is 0.513. The van der Waals surface area contributed by atoms with Gasteiger partial charge in [0, 0.05) is 9.12 Å². The standard InChI is InChI=1S/C5H6Si.H2O/c1-2-4-6-5-3-1;/h1-6H;1H2.